The molecule has 0 bridgehead atoms. The first-order valence-electron chi connectivity index (χ1n) is 7.14. The summed E-state index contributed by atoms with van der Waals surface area (Å²) < 4.78 is 11.4. The van der Waals surface area contributed by atoms with Crippen molar-refractivity contribution < 1.29 is 9.47 Å². The fraction of sp³-hybridized carbons (Fsp3) is 0.625. The molecule has 1 fully saturated rings. The minimum Gasteiger partial charge on any atom is -0.381 e. The number of rotatable bonds is 5. The highest BCUT2D eigenvalue weighted by Gasteiger charge is 2.18. The molecular formula is C16H25NO2. The maximum Gasteiger partial charge on any atom is 0.0665 e. The molecule has 0 aliphatic carbocycles. The van der Waals surface area contributed by atoms with Gasteiger partial charge < -0.3 is 14.8 Å². The lowest BCUT2D eigenvalue weighted by Crippen LogP contribution is -2.29. The Balaban J connectivity index is 1.95. The SMILES string of the molecule is CNC(COC1CCOCC1)c1ccc(C)cc1C. The third-order valence-electron chi connectivity index (χ3n) is 3.82. The number of likely N-dealkylation sites (N-methyl/N-ethyl adjacent to an activating group) is 1. The van der Waals surface area contributed by atoms with Crippen LogP contribution < -0.4 is 5.32 Å². The van der Waals surface area contributed by atoms with Crippen molar-refractivity contribution in [2.75, 3.05) is 26.9 Å². The molecule has 1 aromatic rings. The van der Waals surface area contributed by atoms with E-state index in [1.807, 2.05) is 7.05 Å². The highest BCUT2D eigenvalue weighted by molar-refractivity contribution is 5.32. The Hall–Kier alpha value is -0.900. The standard InChI is InChI=1S/C16H25NO2/c1-12-4-5-15(13(2)10-12)16(17-3)11-19-14-6-8-18-9-7-14/h4-5,10,14,16-17H,6-9,11H2,1-3H3. The van der Waals surface area contributed by atoms with Crippen LogP contribution in [0, 0.1) is 13.8 Å². The van der Waals surface area contributed by atoms with Crippen LogP contribution in [-0.4, -0.2) is 33.0 Å². The van der Waals surface area contributed by atoms with Gasteiger partial charge in [0.2, 0.25) is 0 Å². The molecule has 1 unspecified atom stereocenters. The summed E-state index contributed by atoms with van der Waals surface area (Å²) in [6.07, 6.45) is 2.39. The molecule has 106 valence electrons. The van der Waals surface area contributed by atoms with Crippen LogP contribution in [0.4, 0.5) is 0 Å². The lowest BCUT2D eigenvalue weighted by molar-refractivity contribution is -0.0379. The molecule has 0 amide bonds. The van der Waals surface area contributed by atoms with Gasteiger partial charge in [0.25, 0.3) is 0 Å². The molecule has 1 N–H and O–H groups in total. The van der Waals surface area contributed by atoms with Gasteiger partial charge in [-0.3, -0.25) is 0 Å². The molecule has 0 saturated carbocycles. The predicted molar refractivity (Wildman–Crippen MR) is 77.5 cm³/mol. The molecule has 1 saturated heterocycles. The smallest absolute Gasteiger partial charge is 0.0665 e. The van der Waals surface area contributed by atoms with Gasteiger partial charge in [-0.15, -0.1) is 0 Å². The second-order valence-electron chi connectivity index (χ2n) is 5.35. The van der Waals surface area contributed by atoms with E-state index >= 15 is 0 Å². The van der Waals surface area contributed by atoms with E-state index in [1.165, 1.54) is 16.7 Å². The third-order valence-corrected chi connectivity index (χ3v) is 3.82. The molecule has 1 heterocycles. The maximum atomic E-state index is 6.03. The Morgan fingerprint density at radius 2 is 2.05 bits per heavy atom. The fourth-order valence-electron chi connectivity index (χ4n) is 2.62. The van der Waals surface area contributed by atoms with E-state index in [-0.39, 0.29) is 6.04 Å². The van der Waals surface area contributed by atoms with Gasteiger partial charge in [0.05, 0.1) is 18.8 Å². The summed E-state index contributed by atoms with van der Waals surface area (Å²) in [5.74, 6) is 0. The normalized spacial score (nSPS) is 18.5. The van der Waals surface area contributed by atoms with E-state index in [1.54, 1.807) is 0 Å². The Kier molecular flexibility index (Phi) is 5.37. The Morgan fingerprint density at radius 1 is 1.32 bits per heavy atom. The summed E-state index contributed by atoms with van der Waals surface area (Å²) in [5.41, 5.74) is 3.97. The second-order valence-corrected chi connectivity index (χ2v) is 5.35. The van der Waals surface area contributed by atoms with Gasteiger partial charge in [0.1, 0.15) is 0 Å². The minimum absolute atomic E-state index is 0.267. The van der Waals surface area contributed by atoms with Crippen molar-refractivity contribution >= 4 is 0 Å². The van der Waals surface area contributed by atoms with Crippen LogP contribution in [0.1, 0.15) is 35.6 Å². The molecule has 3 heteroatoms. The molecule has 0 radical (unpaired) electrons. The summed E-state index contributed by atoms with van der Waals surface area (Å²) in [5, 5.41) is 3.36. The number of nitrogens with one attached hydrogen (secondary N) is 1. The van der Waals surface area contributed by atoms with Gasteiger partial charge in [0.15, 0.2) is 0 Å². The highest BCUT2D eigenvalue weighted by Crippen LogP contribution is 2.21. The van der Waals surface area contributed by atoms with E-state index in [0.29, 0.717) is 6.10 Å². The summed E-state index contributed by atoms with van der Waals surface area (Å²) >= 11 is 0. The average molecular weight is 263 g/mol. The molecule has 1 aliphatic rings. The van der Waals surface area contributed by atoms with Crippen LogP contribution in [0.5, 0.6) is 0 Å². The van der Waals surface area contributed by atoms with Crippen molar-refractivity contribution in [2.45, 2.75) is 38.8 Å². The van der Waals surface area contributed by atoms with Crippen LogP contribution in [0.15, 0.2) is 18.2 Å². The monoisotopic (exact) mass is 263 g/mol. The van der Waals surface area contributed by atoms with Crippen LogP contribution in [0.25, 0.3) is 0 Å². The van der Waals surface area contributed by atoms with Crippen molar-refractivity contribution in [3.8, 4) is 0 Å². The average Bonchev–Trinajstić information content (AvgIpc) is 2.42. The van der Waals surface area contributed by atoms with Crippen LogP contribution in [0.3, 0.4) is 0 Å². The van der Waals surface area contributed by atoms with Gasteiger partial charge in [-0.25, -0.2) is 0 Å². The zero-order valence-corrected chi connectivity index (χ0v) is 12.2. The van der Waals surface area contributed by atoms with E-state index < -0.39 is 0 Å². The lowest BCUT2D eigenvalue weighted by atomic mass is 9.99. The number of ether oxygens (including phenoxy) is 2. The van der Waals surface area contributed by atoms with Crippen LogP contribution >= 0.6 is 0 Å². The zero-order chi connectivity index (χ0) is 13.7. The first-order chi connectivity index (χ1) is 9.20. The largest absolute Gasteiger partial charge is 0.381 e. The second kappa shape index (κ2) is 7.04. The van der Waals surface area contributed by atoms with Crippen molar-refractivity contribution in [1.29, 1.82) is 0 Å². The molecule has 1 atom stereocenters. The number of benzene rings is 1. The minimum atomic E-state index is 0.267. The molecule has 3 nitrogen and oxygen atoms in total. The summed E-state index contributed by atoms with van der Waals surface area (Å²) in [6.45, 7) is 6.69. The van der Waals surface area contributed by atoms with Crippen LogP contribution in [0.2, 0.25) is 0 Å². The molecule has 1 aromatic carbocycles. The first kappa shape index (κ1) is 14.5. The first-order valence-corrected chi connectivity index (χ1v) is 7.14. The molecule has 1 aliphatic heterocycles. The van der Waals surface area contributed by atoms with Crippen LogP contribution in [-0.2, 0) is 9.47 Å². The van der Waals surface area contributed by atoms with Gasteiger partial charge in [0, 0.05) is 13.2 Å². The van der Waals surface area contributed by atoms with E-state index in [2.05, 4.69) is 37.4 Å². The van der Waals surface area contributed by atoms with Gasteiger partial charge in [-0.1, -0.05) is 23.8 Å². The molecule has 0 aromatic heterocycles. The van der Waals surface area contributed by atoms with Crippen molar-refractivity contribution in [2.24, 2.45) is 0 Å². The Bertz CT molecular complexity index is 400. The fourth-order valence-corrected chi connectivity index (χ4v) is 2.62. The Morgan fingerprint density at radius 3 is 2.68 bits per heavy atom. The summed E-state index contributed by atoms with van der Waals surface area (Å²) in [4.78, 5) is 0. The third kappa shape index (κ3) is 4.03. The molecule has 19 heavy (non-hydrogen) atoms. The zero-order valence-electron chi connectivity index (χ0n) is 12.2. The van der Waals surface area contributed by atoms with E-state index in [0.717, 1.165) is 32.7 Å². The topological polar surface area (TPSA) is 30.5 Å². The number of hydrogen-bond donors (Lipinski definition) is 1. The van der Waals surface area contributed by atoms with Crippen molar-refractivity contribution in [3.63, 3.8) is 0 Å². The maximum absolute atomic E-state index is 6.03. The number of hydrogen-bond acceptors (Lipinski definition) is 3. The molecule has 2 rings (SSSR count). The summed E-state index contributed by atoms with van der Waals surface area (Å²) in [7, 11) is 2.00. The van der Waals surface area contributed by atoms with Crippen molar-refractivity contribution in [3.05, 3.63) is 34.9 Å². The highest BCUT2D eigenvalue weighted by atomic mass is 16.5. The molecular weight excluding hydrogens is 238 g/mol. The van der Waals surface area contributed by atoms with Crippen molar-refractivity contribution in [1.82, 2.24) is 5.32 Å². The number of aryl methyl sites for hydroxylation is 2. The van der Waals surface area contributed by atoms with Gasteiger partial charge in [-0.2, -0.15) is 0 Å². The predicted octanol–water partition coefficient (Wildman–Crippen LogP) is 2.76. The lowest BCUT2D eigenvalue weighted by Gasteiger charge is -2.26. The summed E-state index contributed by atoms with van der Waals surface area (Å²) in [6, 6.07) is 6.87. The van der Waals surface area contributed by atoms with Gasteiger partial charge in [-0.05, 0) is 44.9 Å². The van der Waals surface area contributed by atoms with E-state index in [4.69, 9.17) is 9.47 Å². The molecule has 0 spiro atoms. The van der Waals surface area contributed by atoms with Gasteiger partial charge >= 0.3 is 0 Å². The van der Waals surface area contributed by atoms with E-state index in [9.17, 15) is 0 Å². The quantitative estimate of drug-likeness (QED) is 0.886. The Labute approximate surface area is 116 Å².